The van der Waals surface area contributed by atoms with Crippen LogP contribution in [0.4, 0.5) is 5.69 Å². The van der Waals surface area contributed by atoms with Crippen molar-refractivity contribution in [3.63, 3.8) is 0 Å². The lowest BCUT2D eigenvalue weighted by atomic mass is 10.1. The standard InChI is InChI=1S/C16H25N5/c1-12(2)9-21-16(18-11-19-21)10-20(4)13(3)14-6-5-7-15(17)8-14/h5-8,11-13H,9-10,17H2,1-4H3. The number of nitrogens with zero attached hydrogens (tertiary/aromatic N) is 4. The monoisotopic (exact) mass is 287 g/mol. The van der Waals surface area contributed by atoms with Crippen molar-refractivity contribution in [2.75, 3.05) is 12.8 Å². The van der Waals surface area contributed by atoms with E-state index in [0.29, 0.717) is 5.92 Å². The Kier molecular flexibility index (Phi) is 4.96. The SMILES string of the molecule is CC(C)Cn1ncnc1CN(C)C(C)c1cccc(N)c1. The molecule has 0 aliphatic heterocycles. The maximum Gasteiger partial charge on any atom is 0.141 e. The fourth-order valence-corrected chi connectivity index (χ4v) is 2.34. The zero-order valence-electron chi connectivity index (χ0n) is 13.3. The quantitative estimate of drug-likeness (QED) is 0.830. The summed E-state index contributed by atoms with van der Waals surface area (Å²) in [5.41, 5.74) is 7.88. The molecule has 0 aliphatic carbocycles. The Bertz CT molecular complexity index is 576. The third kappa shape index (κ3) is 4.04. The number of benzene rings is 1. The van der Waals surface area contributed by atoms with E-state index < -0.39 is 0 Å². The van der Waals surface area contributed by atoms with Crippen molar-refractivity contribution in [1.82, 2.24) is 19.7 Å². The third-order valence-electron chi connectivity index (χ3n) is 3.68. The van der Waals surface area contributed by atoms with Gasteiger partial charge in [0.15, 0.2) is 0 Å². The lowest BCUT2D eigenvalue weighted by Gasteiger charge is -2.25. The minimum Gasteiger partial charge on any atom is -0.399 e. The summed E-state index contributed by atoms with van der Waals surface area (Å²) in [7, 11) is 2.10. The van der Waals surface area contributed by atoms with E-state index in [1.54, 1.807) is 6.33 Å². The van der Waals surface area contributed by atoms with Crippen molar-refractivity contribution in [3.05, 3.63) is 42.0 Å². The van der Waals surface area contributed by atoms with Gasteiger partial charge in [0.2, 0.25) is 0 Å². The fourth-order valence-electron chi connectivity index (χ4n) is 2.34. The van der Waals surface area contributed by atoms with Crippen LogP contribution in [-0.2, 0) is 13.1 Å². The first kappa shape index (κ1) is 15.5. The maximum absolute atomic E-state index is 5.87. The second-order valence-electron chi connectivity index (χ2n) is 6.01. The molecule has 0 saturated heterocycles. The molecular formula is C16H25N5. The van der Waals surface area contributed by atoms with Gasteiger partial charge in [-0.15, -0.1) is 0 Å². The van der Waals surface area contributed by atoms with Gasteiger partial charge in [0.05, 0.1) is 6.54 Å². The largest absolute Gasteiger partial charge is 0.399 e. The van der Waals surface area contributed by atoms with Crippen LogP contribution in [0.3, 0.4) is 0 Å². The van der Waals surface area contributed by atoms with Crippen LogP contribution >= 0.6 is 0 Å². The van der Waals surface area contributed by atoms with Crippen LogP contribution in [0.5, 0.6) is 0 Å². The van der Waals surface area contributed by atoms with Crippen molar-refractivity contribution in [1.29, 1.82) is 0 Å². The second kappa shape index (κ2) is 6.72. The van der Waals surface area contributed by atoms with Crippen LogP contribution in [0.15, 0.2) is 30.6 Å². The van der Waals surface area contributed by atoms with E-state index in [1.807, 2.05) is 22.9 Å². The molecule has 5 nitrogen and oxygen atoms in total. The zero-order chi connectivity index (χ0) is 15.4. The Labute approximate surface area is 126 Å². The Balaban J connectivity index is 2.07. The van der Waals surface area contributed by atoms with Crippen LogP contribution in [0, 0.1) is 5.92 Å². The molecule has 5 heteroatoms. The molecule has 2 N–H and O–H groups in total. The average Bonchev–Trinajstić information content (AvgIpc) is 2.84. The molecule has 21 heavy (non-hydrogen) atoms. The second-order valence-corrected chi connectivity index (χ2v) is 6.01. The number of rotatable bonds is 6. The number of aromatic nitrogens is 3. The topological polar surface area (TPSA) is 60.0 Å². The summed E-state index contributed by atoms with van der Waals surface area (Å²) in [5.74, 6) is 1.56. The number of nitrogens with two attached hydrogens (primary N) is 1. The predicted molar refractivity (Wildman–Crippen MR) is 85.6 cm³/mol. The van der Waals surface area contributed by atoms with Gasteiger partial charge in [-0.05, 0) is 37.6 Å². The maximum atomic E-state index is 5.87. The van der Waals surface area contributed by atoms with Gasteiger partial charge >= 0.3 is 0 Å². The molecule has 2 aromatic rings. The highest BCUT2D eigenvalue weighted by atomic mass is 15.3. The molecule has 0 spiro atoms. The molecule has 1 aromatic carbocycles. The Hall–Kier alpha value is -1.88. The van der Waals surface area contributed by atoms with Crippen molar-refractivity contribution >= 4 is 5.69 Å². The fraction of sp³-hybridized carbons (Fsp3) is 0.500. The molecule has 2 rings (SSSR count). The van der Waals surface area contributed by atoms with Gasteiger partial charge in [0.25, 0.3) is 0 Å². The van der Waals surface area contributed by atoms with Gasteiger partial charge in [0.1, 0.15) is 12.2 Å². The first-order chi connectivity index (χ1) is 9.97. The molecule has 0 bridgehead atoms. The summed E-state index contributed by atoms with van der Waals surface area (Å²) in [6, 6.07) is 8.32. The predicted octanol–water partition coefficient (Wildman–Crippen LogP) is 2.71. The smallest absolute Gasteiger partial charge is 0.141 e. The van der Waals surface area contributed by atoms with E-state index in [9.17, 15) is 0 Å². The van der Waals surface area contributed by atoms with Crippen LogP contribution in [0.2, 0.25) is 0 Å². The summed E-state index contributed by atoms with van der Waals surface area (Å²) in [6.07, 6.45) is 1.64. The number of hydrogen-bond donors (Lipinski definition) is 1. The van der Waals surface area contributed by atoms with Crippen molar-refractivity contribution in [2.45, 2.75) is 39.9 Å². The van der Waals surface area contributed by atoms with Gasteiger partial charge in [-0.2, -0.15) is 5.10 Å². The molecule has 114 valence electrons. The van der Waals surface area contributed by atoms with E-state index in [-0.39, 0.29) is 6.04 Å². The van der Waals surface area contributed by atoms with E-state index in [1.165, 1.54) is 5.56 Å². The molecule has 1 heterocycles. The summed E-state index contributed by atoms with van der Waals surface area (Å²) >= 11 is 0. The average molecular weight is 287 g/mol. The third-order valence-corrected chi connectivity index (χ3v) is 3.68. The molecule has 0 amide bonds. The lowest BCUT2D eigenvalue weighted by molar-refractivity contribution is 0.240. The van der Waals surface area contributed by atoms with Gasteiger partial charge in [0, 0.05) is 18.3 Å². The summed E-state index contributed by atoms with van der Waals surface area (Å²) < 4.78 is 1.99. The number of anilines is 1. The Morgan fingerprint density at radius 3 is 2.71 bits per heavy atom. The van der Waals surface area contributed by atoms with Crippen LogP contribution in [0.1, 0.15) is 38.2 Å². The van der Waals surface area contributed by atoms with Crippen molar-refractivity contribution in [2.24, 2.45) is 5.92 Å². The van der Waals surface area contributed by atoms with Gasteiger partial charge < -0.3 is 5.73 Å². The first-order valence-corrected chi connectivity index (χ1v) is 7.39. The molecule has 0 radical (unpaired) electrons. The highest BCUT2D eigenvalue weighted by Crippen LogP contribution is 2.22. The van der Waals surface area contributed by atoms with E-state index in [2.05, 4.69) is 48.9 Å². The van der Waals surface area contributed by atoms with E-state index in [0.717, 1.165) is 24.6 Å². The first-order valence-electron chi connectivity index (χ1n) is 7.39. The van der Waals surface area contributed by atoms with Crippen LogP contribution in [0.25, 0.3) is 0 Å². The zero-order valence-corrected chi connectivity index (χ0v) is 13.3. The van der Waals surface area contributed by atoms with Crippen molar-refractivity contribution in [3.8, 4) is 0 Å². The van der Waals surface area contributed by atoms with Crippen molar-refractivity contribution < 1.29 is 0 Å². The van der Waals surface area contributed by atoms with Crippen LogP contribution < -0.4 is 5.73 Å². The molecular weight excluding hydrogens is 262 g/mol. The van der Waals surface area contributed by atoms with E-state index in [4.69, 9.17) is 5.73 Å². The lowest BCUT2D eigenvalue weighted by Crippen LogP contribution is -2.24. The molecule has 1 unspecified atom stereocenters. The highest BCUT2D eigenvalue weighted by Gasteiger charge is 2.15. The Morgan fingerprint density at radius 2 is 2.05 bits per heavy atom. The molecule has 0 saturated carbocycles. The highest BCUT2D eigenvalue weighted by molar-refractivity contribution is 5.41. The minimum atomic E-state index is 0.276. The van der Waals surface area contributed by atoms with Gasteiger partial charge in [-0.1, -0.05) is 26.0 Å². The molecule has 0 fully saturated rings. The normalized spacial score (nSPS) is 13.0. The molecule has 1 aromatic heterocycles. The minimum absolute atomic E-state index is 0.276. The summed E-state index contributed by atoms with van der Waals surface area (Å²) in [6.45, 7) is 8.21. The molecule has 1 atom stereocenters. The van der Waals surface area contributed by atoms with Gasteiger partial charge in [-0.3, -0.25) is 4.90 Å². The summed E-state index contributed by atoms with van der Waals surface area (Å²) in [4.78, 5) is 6.65. The Morgan fingerprint density at radius 1 is 1.29 bits per heavy atom. The van der Waals surface area contributed by atoms with E-state index >= 15 is 0 Å². The van der Waals surface area contributed by atoms with Gasteiger partial charge in [-0.25, -0.2) is 9.67 Å². The number of nitrogen functional groups attached to an aromatic ring is 1. The van der Waals surface area contributed by atoms with Crippen LogP contribution in [-0.4, -0.2) is 26.7 Å². The summed E-state index contributed by atoms with van der Waals surface area (Å²) in [5, 5.41) is 4.31. The molecule has 0 aliphatic rings. The number of hydrogen-bond acceptors (Lipinski definition) is 4.